The molecule has 1 fully saturated rings. The molecule has 1 aliphatic carbocycles. The number of benzene rings is 1. The van der Waals surface area contributed by atoms with Gasteiger partial charge in [-0.05, 0) is 69.7 Å². The van der Waals surface area contributed by atoms with E-state index in [4.69, 9.17) is 9.47 Å². The number of ether oxygens (including phenoxy) is 2. The Balaban J connectivity index is 1.43. The highest BCUT2D eigenvalue weighted by molar-refractivity contribution is 7.20. The van der Waals surface area contributed by atoms with Crippen LogP contribution in [0, 0.1) is 6.92 Å². The molecule has 10 heteroatoms. The third kappa shape index (κ3) is 4.73. The number of Topliss-reactive ketones (excluding diaryl/α,β-unsaturated/α-hetero) is 1. The number of aromatic nitrogens is 2. The lowest BCUT2D eigenvalue weighted by Crippen LogP contribution is -2.39. The zero-order chi connectivity index (χ0) is 27.0. The molecule has 0 radical (unpaired) electrons. The highest BCUT2D eigenvalue weighted by Crippen LogP contribution is 2.34. The number of hydrogen-bond acceptors (Lipinski definition) is 8. The van der Waals surface area contributed by atoms with Gasteiger partial charge in [-0.25, -0.2) is 9.78 Å². The third-order valence-corrected chi connectivity index (χ3v) is 8.50. The number of ketones is 1. The molecule has 200 valence electrons. The van der Waals surface area contributed by atoms with E-state index < -0.39 is 12.0 Å². The highest BCUT2D eigenvalue weighted by atomic mass is 32.1. The topological polar surface area (TPSA) is 108 Å². The summed E-state index contributed by atoms with van der Waals surface area (Å²) in [6.07, 6.45) is 7.00. The minimum absolute atomic E-state index is 0.0338. The number of thiophene rings is 1. The summed E-state index contributed by atoms with van der Waals surface area (Å²) in [6, 6.07) is 4.12. The van der Waals surface area contributed by atoms with Crippen LogP contribution in [-0.4, -0.2) is 46.5 Å². The fraction of sp³-hybridized carbons (Fsp3) is 0.464. The van der Waals surface area contributed by atoms with Crippen molar-refractivity contribution >= 4 is 44.9 Å². The largest absolute Gasteiger partial charge is 0.482 e. The molecule has 0 saturated heterocycles. The SMILES string of the molecule is CCCN1C(=O)COc2ccc(C(=O)C(C)n3cnc4sc(C(=O)OC5CCCCC5)c(C)c4c3=O)cc21. The molecule has 2 aliphatic rings. The first-order valence-corrected chi connectivity index (χ1v) is 13.9. The van der Waals surface area contributed by atoms with Crippen molar-refractivity contribution < 1.29 is 23.9 Å². The van der Waals surface area contributed by atoms with Gasteiger partial charge in [-0.15, -0.1) is 11.3 Å². The highest BCUT2D eigenvalue weighted by Gasteiger charge is 2.29. The predicted octanol–water partition coefficient (Wildman–Crippen LogP) is 4.84. The Hall–Kier alpha value is -3.53. The minimum Gasteiger partial charge on any atom is -0.482 e. The van der Waals surface area contributed by atoms with Gasteiger partial charge in [0.2, 0.25) is 0 Å². The van der Waals surface area contributed by atoms with E-state index in [0.717, 1.165) is 49.9 Å². The normalized spacial score (nSPS) is 16.7. The average Bonchev–Trinajstić information content (AvgIpc) is 3.27. The molecule has 0 bridgehead atoms. The molecule has 9 nitrogen and oxygen atoms in total. The van der Waals surface area contributed by atoms with Crippen LogP contribution in [0.3, 0.4) is 0 Å². The van der Waals surface area contributed by atoms with Crippen molar-refractivity contribution in [2.75, 3.05) is 18.1 Å². The lowest BCUT2D eigenvalue weighted by Gasteiger charge is -2.29. The van der Waals surface area contributed by atoms with Crippen LogP contribution in [0.2, 0.25) is 0 Å². The van der Waals surface area contributed by atoms with Gasteiger partial charge < -0.3 is 14.4 Å². The van der Waals surface area contributed by atoms with Crippen LogP contribution in [0.1, 0.15) is 84.0 Å². The third-order valence-electron chi connectivity index (χ3n) is 7.32. The molecule has 0 spiro atoms. The van der Waals surface area contributed by atoms with Gasteiger partial charge in [-0.1, -0.05) is 13.3 Å². The van der Waals surface area contributed by atoms with Crippen molar-refractivity contribution in [3.05, 3.63) is 50.9 Å². The van der Waals surface area contributed by atoms with Crippen molar-refractivity contribution in [1.29, 1.82) is 0 Å². The van der Waals surface area contributed by atoms with Gasteiger partial charge in [0, 0.05) is 12.1 Å². The lowest BCUT2D eigenvalue weighted by molar-refractivity contribution is -0.121. The molecular formula is C28H31N3O6S. The molecule has 1 amide bonds. The number of anilines is 1. The van der Waals surface area contributed by atoms with E-state index in [1.54, 1.807) is 36.9 Å². The number of hydrogen-bond donors (Lipinski definition) is 0. The number of amides is 1. The van der Waals surface area contributed by atoms with Gasteiger partial charge in [0.05, 0.1) is 23.4 Å². The molecule has 5 rings (SSSR count). The summed E-state index contributed by atoms with van der Waals surface area (Å²) in [5.74, 6) is -0.331. The molecule has 1 atom stereocenters. The van der Waals surface area contributed by atoms with Crippen LogP contribution >= 0.6 is 11.3 Å². The van der Waals surface area contributed by atoms with Crippen LogP contribution in [0.25, 0.3) is 10.2 Å². The van der Waals surface area contributed by atoms with Gasteiger partial charge >= 0.3 is 5.97 Å². The van der Waals surface area contributed by atoms with E-state index in [9.17, 15) is 19.2 Å². The second-order valence-corrected chi connectivity index (χ2v) is 10.9. The summed E-state index contributed by atoms with van der Waals surface area (Å²) in [6.45, 7) is 5.82. The van der Waals surface area contributed by atoms with Gasteiger partial charge in [0.25, 0.3) is 11.5 Å². The van der Waals surface area contributed by atoms with Gasteiger partial charge in [0.1, 0.15) is 21.6 Å². The Kier molecular flexibility index (Phi) is 7.34. The summed E-state index contributed by atoms with van der Waals surface area (Å²) in [7, 11) is 0. The van der Waals surface area contributed by atoms with Crippen molar-refractivity contribution in [1.82, 2.24) is 9.55 Å². The summed E-state index contributed by atoms with van der Waals surface area (Å²) < 4.78 is 12.6. The molecule has 3 aromatic rings. The van der Waals surface area contributed by atoms with Crippen molar-refractivity contribution in [2.24, 2.45) is 0 Å². The summed E-state index contributed by atoms with van der Waals surface area (Å²) in [5, 5.41) is 0.325. The Labute approximate surface area is 224 Å². The molecule has 3 heterocycles. The van der Waals surface area contributed by atoms with Crippen LogP contribution in [0.15, 0.2) is 29.3 Å². The molecule has 1 aromatic carbocycles. The Bertz CT molecular complexity index is 1470. The first kappa shape index (κ1) is 26.1. The number of carbonyl (C=O) groups excluding carboxylic acids is 3. The number of esters is 1. The Morgan fingerprint density at radius 2 is 1.97 bits per heavy atom. The molecule has 38 heavy (non-hydrogen) atoms. The van der Waals surface area contributed by atoms with Gasteiger partial charge in [-0.2, -0.15) is 0 Å². The van der Waals surface area contributed by atoms with E-state index in [-0.39, 0.29) is 30.0 Å². The number of nitrogens with zero attached hydrogens (tertiary/aromatic N) is 3. The van der Waals surface area contributed by atoms with E-state index >= 15 is 0 Å². The number of fused-ring (bicyclic) bond motifs is 2. The van der Waals surface area contributed by atoms with Crippen molar-refractivity contribution in [3.63, 3.8) is 0 Å². The van der Waals surface area contributed by atoms with Crippen molar-refractivity contribution in [3.8, 4) is 5.75 Å². The van der Waals surface area contributed by atoms with E-state index in [2.05, 4.69) is 4.98 Å². The summed E-state index contributed by atoms with van der Waals surface area (Å²) in [5.41, 5.74) is 1.06. The maximum atomic E-state index is 13.5. The first-order valence-electron chi connectivity index (χ1n) is 13.1. The second kappa shape index (κ2) is 10.7. The number of aryl methyl sites for hydroxylation is 1. The van der Waals surface area contributed by atoms with Crippen molar-refractivity contribution in [2.45, 2.75) is 71.4 Å². The summed E-state index contributed by atoms with van der Waals surface area (Å²) >= 11 is 1.15. The van der Waals surface area contributed by atoms with E-state index in [1.165, 1.54) is 10.9 Å². The zero-order valence-electron chi connectivity index (χ0n) is 21.8. The van der Waals surface area contributed by atoms with E-state index in [0.29, 0.717) is 44.2 Å². The Morgan fingerprint density at radius 3 is 2.71 bits per heavy atom. The monoisotopic (exact) mass is 537 g/mol. The smallest absolute Gasteiger partial charge is 0.348 e. The quantitative estimate of drug-likeness (QED) is 0.314. The molecule has 1 saturated carbocycles. The standard InChI is InChI=1S/C28H31N3O6S/c1-4-12-30-20-13-18(10-11-21(20)36-14-22(30)32)24(33)17(3)31-15-29-26-23(27(31)34)16(2)25(38-26)28(35)37-19-8-6-5-7-9-19/h10-11,13,15,17,19H,4-9,12,14H2,1-3H3. The van der Waals surface area contributed by atoms with Gasteiger partial charge in [-0.3, -0.25) is 19.0 Å². The molecule has 1 aliphatic heterocycles. The lowest BCUT2D eigenvalue weighted by atomic mass is 9.98. The maximum absolute atomic E-state index is 13.5. The Morgan fingerprint density at radius 1 is 1.21 bits per heavy atom. The summed E-state index contributed by atoms with van der Waals surface area (Å²) in [4.78, 5) is 59.1. The fourth-order valence-corrected chi connectivity index (χ4v) is 6.21. The molecule has 1 unspecified atom stereocenters. The van der Waals surface area contributed by atoms with Crippen LogP contribution in [0.5, 0.6) is 5.75 Å². The number of rotatable bonds is 7. The van der Waals surface area contributed by atoms with E-state index in [1.807, 2.05) is 6.92 Å². The van der Waals surface area contributed by atoms with Crippen LogP contribution in [0.4, 0.5) is 5.69 Å². The second-order valence-electron chi connectivity index (χ2n) is 9.92. The fourth-order valence-electron chi connectivity index (χ4n) is 5.19. The maximum Gasteiger partial charge on any atom is 0.348 e. The van der Waals surface area contributed by atoms with Crippen LogP contribution < -0.4 is 15.2 Å². The van der Waals surface area contributed by atoms with Crippen LogP contribution in [-0.2, 0) is 9.53 Å². The average molecular weight is 538 g/mol. The molecule has 2 aromatic heterocycles. The molecular weight excluding hydrogens is 506 g/mol. The predicted molar refractivity (Wildman–Crippen MR) is 145 cm³/mol. The first-order chi connectivity index (χ1) is 18.3. The van der Waals surface area contributed by atoms with Gasteiger partial charge in [0.15, 0.2) is 12.4 Å². The minimum atomic E-state index is -0.853. The number of carbonyl (C=O) groups is 3. The zero-order valence-corrected chi connectivity index (χ0v) is 22.6. The molecule has 0 N–H and O–H groups in total.